The van der Waals surface area contributed by atoms with Gasteiger partial charge in [-0.25, -0.2) is 4.79 Å². The van der Waals surface area contributed by atoms with Crippen LogP contribution in [0.4, 0.5) is 0 Å². The summed E-state index contributed by atoms with van der Waals surface area (Å²) in [6, 6.07) is 3.12. The Kier molecular flexibility index (Phi) is 6.71. The Balaban J connectivity index is 2.07. The van der Waals surface area contributed by atoms with Crippen molar-refractivity contribution in [3.05, 3.63) is 17.7 Å². The lowest BCUT2D eigenvalue weighted by Gasteiger charge is -2.34. The smallest absolute Gasteiger partial charge is 0.342 e. The van der Waals surface area contributed by atoms with E-state index in [1.807, 2.05) is 0 Å². The Hall–Kier alpha value is -2.44. The first-order chi connectivity index (χ1) is 12.4. The average Bonchev–Trinajstić information content (AvgIpc) is 2.63. The second-order valence-corrected chi connectivity index (χ2v) is 6.70. The third kappa shape index (κ3) is 4.39. The predicted octanol–water partition coefficient (Wildman–Crippen LogP) is 2.37. The first-order valence-electron chi connectivity index (χ1n) is 8.65. The SMILES string of the molecule is COc1ccc(C(=O)OCC(=O)N2CC(C)CC(C)C2)c(OC)c1OC. The third-order valence-corrected chi connectivity index (χ3v) is 4.47. The van der Waals surface area contributed by atoms with E-state index in [1.165, 1.54) is 27.4 Å². The highest BCUT2D eigenvalue weighted by Crippen LogP contribution is 2.39. The molecule has 144 valence electrons. The van der Waals surface area contributed by atoms with Gasteiger partial charge in [-0.1, -0.05) is 13.8 Å². The van der Waals surface area contributed by atoms with Crippen molar-refractivity contribution in [2.45, 2.75) is 20.3 Å². The number of piperidine rings is 1. The second-order valence-electron chi connectivity index (χ2n) is 6.70. The van der Waals surface area contributed by atoms with Gasteiger partial charge in [-0.05, 0) is 30.4 Å². The van der Waals surface area contributed by atoms with Crippen molar-refractivity contribution < 1.29 is 28.5 Å². The maximum Gasteiger partial charge on any atom is 0.342 e. The lowest BCUT2D eigenvalue weighted by molar-refractivity contribution is -0.137. The van der Waals surface area contributed by atoms with E-state index >= 15 is 0 Å². The average molecular weight is 365 g/mol. The van der Waals surface area contributed by atoms with Gasteiger partial charge in [0.05, 0.1) is 21.3 Å². The molecular weight excluding hydrogens is 338 g/mol. The van der Waals surface area contributed by atoms with Gasteiger partial charge in [0.2, 0.25) is 5.75 Å². The molecule has 0 aliphatic carbocycles. The highest BCUT2D eigenvalue weighted by atomic mass is 16.5. The third-order valence-electron chi connectivity index (χ3n) is 4.47. The zero-order valence-electron chi connectivity index (χ0n) is 16.0. The van der Waals surface area contributed by atoms with E-state index < -0.39 is 5.97 Å². The monoisotopic (exact) mass is 365 g/mol. The highest BCUT2D eigenvalue weighted by molar-refractivity contribution is 5.95. The number of likely N-dealkylation sites (tertiary alicyclic amines) is 1. The molecule has 1 heterocycles. The Morgan fingerprint density at radius 3 is 2.15 bits per heavy atom. The molecule has 0 aromatic heterocycles. The number of ether oxygens (including phenoxy) is 4. The van der Waals surface area contributed by atoms with Gasteiger partial charge in [0.15, 0.2) is 18.1 Å². The molecule has 0 spiro atoms. The quantitative estimate of drug-likeness (QED) is 0.721. The number of hydrogen-bond donors (Lipinski definition) is 0. The molecule has 2 rings (SSSR count). The van der Waals surface area contributed by atoms with Crippen molar-refractivity contribution in [2.75, 3.05) is 41.0 Å². The molecular formula is C19H27NO6. The maximum atomic E-state index is 12.4. The van der Waals surface area contributed by atoms with Gasteiger partial charge in [-0.15, -0.1) is 0 Å². The van der Waals surface area contributed by atoms with Gasteiger partial charge in [0.25, 0.3) is 5.91 Å². The summed E-state index contributed by atoms with van der Waals surface area (Å²) >= 11 is 0. The number of esters is 1. The summed E-state index contributed by atoms with van der Waals surface area (Å²) in [7, 11) is 4.38. The Morgan fingerprint density at radius 1 is 1.00 bits per heavy atom. The van der Waals surface area contributed by atoms with Crippen LogP contribution in [0.2, 0.25) is 0 Å². The van der Waals surface area contributed by atoms with Crippen LogP contribution in [0.25, 0.3) is 0 Å². The fourth-order valence-corrected chi connectivity index (χ4v) is 3.42. The summed E-state index contributed by atoms with van der Waals surface area (Å²) in [5.41, 5.74) is 0.179. The van der Waals surface area contributed by atoms with Crippen molar-refractivity contribution in [2.24, 2.45) is 11.8 Å². The topological polar surface area (TPSA) is 74.3 Å². The molecule has 0 saturated carbocycles. The number of benzene rings is 1. The van der Waals surface area contributed by atoms with Crippen LogP contribution < -0.4 is 14.2 Å². The Morgan fingerprint density at radius 2 is 1.62 bits per heavy atom. The van der Waals surface area contributed by atoms with Gasteiger partial charge >= 0.3 is 5.97 Å². The molecule has 1 aliphatic heterocycles. The fourth-order valence-electron chi connectivity index (χ4n) is 3.42. The molecule has 1 saturated heterocycles. The number of carbonyl (C=O) groups excluding carboxylic acids is 2. The van der Waals surface area contributed by atoms with Gasteiger partial charge in [-0.2, -0.15) is 0 Å². The van der Waals surface area contributed by atoms with Gasteiger partial charge in [0, 0.05) is 13.1 Å². The molecule has 7 heteroatoms. The molecule has 0 bridgehead atoms. The number of rotatable bonds is 6. The van der Waals surface area contributed by atoms with Crippen LogP contribution in [-0.4, -0.2) is 57.8 Å². The molecule has 1 fully saturated rings. The number of hydrogen-bond acceptors (Lipinski definition) is 6. The van der Waals surface area contributed by atoms with Crippen LogP contribution in [0.1, 0.15) is 30.6 Å². The van der Waals surface area contributed by atoms with E-state index in [0.717, 1.165) is 6.42 Å². The van der Waals surface area contributed by atoms with Gasteiger partial charge in [-0.3, -0.25) is 4.79 Å². The van der Waals surface area contributed by atoms with E-state index in [0.29, 0.717) is 36.4 Å². The Bertz CT molecular complexity index is 650. The number of carbonyl (C=O) groups is 2. The van der Waals surface area contributed by atoms with Crippen LogP contribution in [-0.2, 0) is 9.53 Å². The molecule has 1 aromatic rings. The van der Waals surface area contributed by atoms with Crippen molar-refractivity contribution in [1.82, 2.24) is 4.90 Å². The summed E-state index contributed by atoms with van der Waals surface area (Å²) in [5.74, 6) is 1.02. The second kappa shape index (κ2) is 8.78. The van der Waals surface area contributed by atoms with E-state index in [4.69, 9.17) is 18.9 Å². The van der Waals surface area contributed by atoms with Crippen LogP contribution in [0.3, 0.4) is 0 Å². The zero-order valence-corrected chi connectivity index (χ0v) is 16.0. The number of methoxy groups -OCH3 is 3. The van der Waals surface area contributed by atoms with Crippen LogP contribution in [0.5, 0.6) is 17.2 Å². The first kappa shape index (κ1) is 19.9. The molecule has 7 nitrogen and oxygen atoms in total. The van der Waals surface area contributed by atoms with Crippen molar-refractivity contribution in [1.29, 1.82) is 0 Å². The molecule has 2 atom stereocenters. The van der Waals surface area contributed by atoms with E-state index in [1.54, 1.807) is 11.0 Å². The molecule has 0 radical (unpaired) electrons. The summed E-state index contributed by atoms with van der Waals surface area (Å²) in [5, 5.41) is 0. The van der Waals surface area contributed by atoms with Crippen molar-refractivity contribution in [3.8, 4) is 17.2 Å². The highest BCUT2D eigenvalue weighted by Gasteiger charge is 2.27. The van der Waals surface area contributed by atoms with Crippen LogP contribution >= 0.6 is 0 Å². The van der Waals surface area contributed by atoms with Crippen LogP contribution in [0.15, 0.2) is 12.1 Å². The lowest BCUT2D eigenvalue weighted by atomic mass is 9.92. The van der Waals surface area contributed by atoms with Gasteiger partial charge < -0.3 is 23.8 Å². The summed E-state index contributed by atoms with van der Waals surface area (Å²) in [6.45, 7) is 5.34. The molecule has 1 aliphatic rings. The number of nitrogens with zero attached hydrogens (tertiary/aromatic N) is 1. The minimum Gasteiger partial charge on any atom is -0.493 e. The van der Waals surface area contributed by atoms with E-state index in [-0.39, 0.29) is 23.8 Å². The van der Waals surface area contributed by atoms with E-state index in [9.17, 15) is 9.59 Å². The van der Waals surface area contributed by atoms with Crippen LogP contribution in [0, 0.1) is 11.8 Å². The summed E-state index contributed by atoms with van der Waals surface area (Å²) in [4.78, 5) is 26.6. The minimum absolute atomic E-state index is 0.179. The number of amides is 1. The fraction of sp³-hybridized carbons (Fsp3) is 0.579. The predicted molar refractivity (Wildman–Crippen MR) is 95.9 cm³/mol. The normalized spacial score (nSPS) is 19.7. The molecule has 26 heavy (non-hydrogen) atoms. The maximum absolute atomic E-state index is 12.4. The molecule has 1 aromatic carbocycles. The van der Waals surface area contributed by atoms with E-state index in [2.05, 4.69) is 13.8 Å². The minimum atomic E-state index is -0.644. The first-order valence-corrected chi connectivity index (χ1v) is 8.65. The zero-order chi connectivity index (χ0) is 19.3. The van der Waals surface area contributed by atoms with Crippen molar-refractivity contribution in [3.63, 3.8) is 0 Å². The summed E-state index contributed by atoms with van der Waals surface area (Å²) in [6.07, 6.45) is 1.10. The Labute approximate surface area is 154 Å². The molecule has 2 unspecified atom stereocenters. The summed E-state index contributed by atoms with van der Waals surface area (Å²) < 4.78 is 21.0. The standard InChI is InChI=1S/C19H27NO6/c1-12-8-13(2)10-20(9-12)16(21)11-26-19(22)14-6-7-15(23-3)18(25-5)17(14)24-4/h6-7,12-13H,8-11H2,1-5H3. The lowest BCUT2D eigenvalue weighted by Crippen LogP contribution is -2.44. The molecule has 1 amide bonds. The van der Waals surface area contributed by atoms with Gasteiger partial charge in [0.1, 0.15) is 5.56 Å². The largest absolute Gasteiger partial charge is 0.493 e. The van der Waals surface area contributed by atoms with Crippen molar-refractivity contribution >= 4 is 11.9 Å². The molecule has 0 N–H and O–H groups in total.